The second-order valence-electron chi connectivity index (χ2n) is 6.15. The minimum Gasteiger partial charge on any atom is -0.459 e. The van der Waals surface area contributed by atoms with Crippen molar-refractivity contribution in [2.75, 3.05) is 0 Å². The first kappa shape index (κ1) is 17.8. The molecular weight excluding hydrogens is 389 g/mol. The van der Waals surface area contributed by atoms with Gasteiger partial charge in [-0.3, -0.25) is 0 Å². The molecule has 2 aromatic heterocycles. The third-order valence-corrected chi connectivity index (χ3v) is 5.57. The van der Waals surface area contributed by atoms with Gasteiger partial charge in [0.1, 0.15) is 12.4 Å². The number of thiazole rings is 1. The third-order valence-electron chi connectivity index (χ3n) is 4.45. The van der Waals surface area contributed by atoms with Gasteiger partial charge in [-0.25, -0.2) is 14.2 Å². The lowest BCUT2D eigenvalue weighted by Crippen LogP contribution is -3.11. The van der Waals surface area contributed by atoms with Crippen LogP contribution in [-0.4, -0.2) is 16.0 Å². The number of halogens is 2. The first-order chi connectivity index (χ1) is 13.0. The van der Waals surface area contributed by atoms with Gasteiger partial charge in [-0.15, -0.1) is 11.3 Å². The molecule has 1 amide bonds. The highest BCUT2D eigenvalue weighted by Crippen LogP contribution is 2.25. The number of nitrogens with zero attached hydrogens (tertiary/aromatic N) is 2. The fourth-order valence-corrected chi connectivity index (χ4v) is 4.26. The minimum atomic E-state index is -0.565. The Labute approximate surface area is 163 Å². The molecule has 0 saturated heterocycles. The monoisotopic (exact) mass is 403 g/mol. The second-order valence-corrected chi connectivity index (χ2v) is 7.85. The summed E-state index contributed by atoms with van der Waals surface area (Å²) in [7, 11) is 0. The fraction of sp³-hybridized carbons (Fsp3) is 0.105. The molecule has 5 nitrogen and oxygen atoms in total. The van der Waals surface area contributed by atoms with Crippen molar-refractivity contribution in [3.63, 3.8) is 0 Å². The molecular formula is C19H15ClFN3O2S+2. The number of hydrogen-bond acceptors (Lipinski definition) is 4. The summed E-state index contributed by atoms with van der Waals surface area (Å²) in [6.45, 7) is 2.15. The average Bonchev–Trinajstić information content (AvgIpc) is 3.05. The van der Waals surface area contributed by atoms with Crippen LogP contribution in [0.3, 0.4) is 0 Å². The molecule has 1 atom stereocenters. The highest BCUT2D eigenvalue weighted by molar-refractivity contribution is 7.15. The number of carbonyl (C=O) groups excluding carboxylic acids is 1. The van der Waals surface area contributed by atoms with Crippen LogP contribution in [-0.2, 0) is 11.3 Å². The summed E-state index contributed by atoms with van der Waals surface area (Å²) in [6.07, 6.45) is 3.28. The predicted octanol–water partition coefficient (Wildman–Crippen LogP) is 2.67. The van der Waals surface area contributed by atoms with E-state index in [1.165, 1.54) is 28.0 Å². The molecule has 0 radical (unpaired) electrons. The van der Waals surface area contributed by atoms with Crippen molar-refractivity contribution in [2.45, 2.75) is 13.5 Å². The molecule has 8 heteroatoms. The van der Waals surface area contributed by atoms with Gasteiger partial charge in [-0.05, 0) is 19.1 Å². The molecule has 4 rings (SSSR count). The number of rotatable bonds is 3. The zero-order valence-corrected chi connectivity index (χ0v) is 15.8. The maximum Gasteiger partial charge on any atom is 0.394 e. The van der Waals surface area contributed by atoms with Gasteiger partial charge in [0.2, 0.25) is 5.57 Å². The topological polar surface area (TPSA) is 58.5 Å². The summed E-state index contributed by atoms with van der Waals surface area (Å²) in [6, 6.07) is 9.55. The number of hydrogen-bond donors (Lipinski definition) is 2. The molecule has 0 bridgehead atoms. The molecule has 3 aromatic rings. The standard InChI is InChI=1S/C19H13ClFN3O2S/c1-11-5-4-8-23-16(11)24(10-12-9-22-19(20)27-12)18(26)15(17(23)25)13-6-2-3-7-14(13)21/h2-9H,10H2,1H3/p+2. The maximum atomic E-state index is 14.4. The number of aromatic nitrogens is 2. The first-order valence-electron chi connectivity index (χ1n) is 8.18. The molecule has 1 aliphatic heterocycles. The summed E-state index contributed by atoms with van der Waals surface area (Å²) in [5.74, 6) is -0.653. The minimum absolute atomic E-state index is 0.0539. The first-order valence-corrected chi connectivity index (χ1v) is 9.37. The Bertz CT molecular complexity index is 1100. The number of amides is 1. The number of aliphatic hydroxyl groups excluding tert-OH is 1. The van der Waals surface area contributed by atoms with Crippen LogP contribution in [0.15, 0.2) is 48.8 Å². The number of carbonyl (C=O) groups is 1. The van der Waals surface area contributed by atoms with Gasteiger partial charge in [-0.1, -0.05) is 34.4 Å². The van der Waals surface area contributed by atoms with Crippen molar-refractivity contribution in [3.05, 3.63) is 75.1 Å². The van der Waals surface area contributed by atoms with Crippen LogP contribution in [0.5, 0.6) is 0 Å². The van der Waals surface area contributed by atoms with Crippen molar-refractivity contribution in [2.24, 2.45) is 0 Å². The van der Waals surface area contributed by atoms with E-state index in [1.807, 2.05) is 13.0 Å². The summed E-state index contributed by atoms with van der Waals surface area (Å²) in [5, 5.41) is 10.8. The van der Waals surface area contributed by atoms with Crippen LogP contribution >= 0.6 is 22.9 Å². The van der Waals surface area contributed by atoms with E-state index >= 15 is 0 Å². The number of pyridine rings is 1. The van der Waals surface area contributed by atoms with E-state index in [9.17, 15) is 14.3 Å². The summed E-state index contributed by atoms with van der Waals surface area (Å²) >= 11 is 7.21. The molecule has 2 N–H and O–H groups in total. The van der Waals surface area contributed by atoms with Gasteiger partial charge in [0.25, 0.3) is 0 Å². The predicted molar refractivity (Wildman–Crippen MR) is 100.0 cm³/mol. The van der Waals surface area contributed by atoms with Gasteiger partial charge < -0.3 is 5.11 Å². The Morgan fingerprint density at radius 3 is 2.78 bits per heavy atom. The zero-order chi connectivity index (χ0) is 19.1. The molecule has 0 fully saturated rings. The Balaban J connectivity index is 1.92. The summed E-state index contributed by atoms with van der Waals surface area (Å²) < 4.78 is 16.3. The van der Waals surface area contributed by atoms with Gasteiger partial charge in [0, 0.05) is 17.8 Å². The van der Waals surface area contributed by atoms with E-state index in [-0.39, 0.29) is 17.0 Å². The Morgan fingerprint density at radius 2 is 2.07 bits per heavy atom. The normalized spacial score (nSPS) is 16.6. The van der Waals surface area contributed by atoms with E-state index in [0.29, 0.717) is 21.7 Å². The van der Waals surface area contributed by atoms with Crippen molar-refractivity contribution < 1.29 is 23.8 Å². The van der Waals surface area contributed by atoms with Crippen LogP contribution in [0.2, 0.25) is 4.47 Å². The molecule has 1 unspecified atom stereocenters. The molecule has 0 spiro atoms. The van der Waals surface area contributed by atoms with Gasteiger partial charge >= 0.3 is 17.6 Å². The van der Waals surface area contributed by atoms with E-state index in [4.69, 9.17) is 11.6 Å². The van der Waals surface area contributed by atoms with Crippen LogP contribution in [0.25, 0.3) is 11.5 Å². The zero-order valence-electron chi connectivity index (χ0n) is 14.2. The lowest BCUT2D eigenvalue weighted by Gasteiger charge is -2.20. The lowest BCUT2D eigenvalue weighted by molar-refractivity contribution is -0.838. The van der Waals surface area contributed by atoms with Gasteiger partial charge in [0.05, 0.1) is 10.4 Å². The molecule has 1 aromatic carbocycles. The molecule has 3 heterocycles. The maximum absolute atomic E-state index is 14.4. The third kappa shape index (κ3) is 3.03. The van der Waals surface area contributed by atoms with Crippen LogP contribution < -0.4 is 9.47 Å². The lowest BCUT2D eigenvalue weighted by atomic mass is 10.0. The average molecular weight is 404 g/mol. The van der Waals surface area contributed by atoms with Crippen molar-refractivity contribution >= 4 is 46.1 Å². The van der Waals surface area contributed by atoms with Crippen molar-refractivity contribution in [1.29, 1.82) is 0 Å². The molecule has 27 heavy (non-hydrogen) atoms. The number of benzene rings is 1. The van der Waals surface area contributed by atoms with Crippen LogP contribution in [0, 0.1) is 12.7 Å². The van der Waals surface area contributed by atoms with E-state index < -0.39 is 11.7 Å². The molecule has 0 aliphatic carbocycles. The van der Waals surface area contributed by atoms with E-state index in [0.717, 1.165) is 10.4 Å². The largest absolute Gasteiger partial charge is 0.459 e. The molecule has 136 valence electrons. The summed E-state index contributed by atoms with van der Waals surface area (Å²) in [4.78, 5) is 18.6. The number of aryl methyl sites for hydroxylation is 1. The fourth-order valence-electron chi connectivity index (χ4n) is 3.27. The highest BCUT2D eigenvalue weighted by Gasteiger charge is 2.46. The number of nitrogens with one attached hydrogen (secondary N) is 1. The SMILES string of the molecule is Cc1ccc[n+]2c1[NH+](Cc1cnc(Cl)s1)C(=O)C(c1ccccc1F)=C2O. The Hall–Kier alpha value is -2.61. The Morgan fingerprint density at radius 1 is 1.30 bits per heavy atom. The van der Waals surface area contributed by atoms with Crippen molar-refractivity contribution in [1.82, 2.24) is 4.98 Å². The number of fused-ring (bicyclic) bond motifs is 1. The van der Waals surface area contributed by atoms with Gasteiger partial charge in [0.15, 0.2) is 10.7 Å². The van der Waals surface area contributed by atoms with E-state index in [1.54, 1.807) is 30.6 Å². The quantitative estimate of drug-likeness (QED) is 0.661. The number of aliphatic hydroxyl groups is 1. The van der Waals surface area contributed by atoms with Crippen LogP contribution in [0.1, 0.15) is 16.0 Å². The summed E-state index contributed by atoms with van der Waals surface area (Å²) in [5.41, 5.74) is 0.844. The smallest absolute Gasteiger partial charge is 0.394 e. The highest BCUT2D eigenvalue weighted by atomic mass is 35.5. The van der Waals surface area contributed by atoms with Gasteiger partial charge in [-0.2, -0.15) is 4.90 Å². The van der Waals surface area contributed by atoms with Crippen LogP contribution in [0.4, 0.5) is 10.2 Å². The molecule has 1 aliphatic rings. The molecule has 0 saturated carbocycles. The van der Waals surface area contributed by atoms with E-state index in [2.05, 4.69) is 4.98 Å². The number of quaternary nitrogens is 1. The van der Waals surface area contributed by atoms with Crippen molar-refractivity contribution in [3.8, 4) is 0 Å². The second kappa shape index (κ2) is 6.84. The Kier molecular flexibility index (Phi) is 4.51.